The molecule has 630 valence electrons. The summed E-state index contributed by atoms with van der Waals surface area (Å²) in [6, 6.07) is 5.54. The monoisotopic (exact) mass is 1620 g/mol. The number of carboxylic acid groups (broad SMARTS) is 1. The zero-order valence-corrected chi connectivity index (χ0v) is 66.1. The van der Waals surface area contributed by atoms with Gasteiger partial charge >= 0.3 is 5.97 Å². The Balaban J connectivity index is 0.846. The van der Waals surface area contributed by atoms with Gasteiger partial charge in [-0.05, 0) is 156 Å². The van der Waals surface area contributed by atoms with E-state index in [1.54, 1.807) is 47.8 Å². The first-order valence-corrected chi connectivity index (χ1v) is 41.0. The number of carboxylic acids is 1. The number of carbonyl (C=O) groups excluding carboxylic acids is 10. The molecular weight excluding hydrogens is 1500 g/mol. The van der Waals surface area contributed by atoms with Crippen LogP contribution >= 0.6 is 11.3 Å². The number of nitrogens with two attached hydrogens (primary N) is 6. The number of thiophene rings is 1. The lowest BCUT2D eigenvalue weighted by Gasteiger charge is -2.42. The van der Waals surface area contributed by atoms with E-state index in [0.717, 1.165) is 94.1 Å². The number of aliphatic carboxylic acids is 1. The highest BCUT2D eigenvalue weighted by atomic mass is 32.1. The minimum absolute atomic E-state index is 0.000428. The van der Waals surface area contributed by atoms with E-state index in [0.29, 0.717) is 36.2 Å². The molecule has 5 fully saturated rings. The summed E-state index contributed by atoms with van der Waals surface area (Å²) in [5.74, 6) is -9.24. The third-order valence-corrected chi connectivity index (χ3v) is 22.8. The number of hydrogen-bond donors (Lipinski definition) is 18. The molecule has 5 aliphatic heterocycles. The Morgan fingerprint density at radius 3 is 1.83 bits per heavy atom. The summed E-state index contributed by atoms with van der Waals surface area (Å²) in [5.41, 5.74) is 36.2. The molecule has 3 aromatic rings. The highest BCUT2D eigenvalue weighted by Gasteiger charge is 2.52. The van der Waals surface area contributed by atoms with Crippen molar-refractivity contribution in [1.82, 2.24) is 72.4 Å². The van der Waals surface area contributed by atoms with Crippen molar-refractivity contribution in [3.63, 3.8) is 0 Å². The van der Waals surface area contributed by atoms with E-state index >= 15 is 14.4 Å². The third kappa shape index (κ3) is 26.2. The van der Waals surface area contributed by atoms with Gasteiger partial charge in [0.1, 0.15) is 54.4 Å². The van der Waals surface area contributed by atoms with Gasteiger partial charge in [-0.1, -0.05) is 55.3 Å². The van der Waals surface area contributed by atoms with Crippen LogP contribution in [0.15, 0.2) is 81.0 Å². The molecule has 37 nitrogen and oxygen atoms in total. The first-order chi connectivity index (χ1) is 55.4. The van der Waals surface area contributed by atoms with Crippen molar-refractivity contribution in [1.29, 1.82) is 0 Å². The van der Waals surface area contributed by atoms with Gasteiger partial charge in [0.05, 0.1) is 19.3 Å². The van der Waals surface area contributed by atoms with Gasteiger partial charge < -0.3 is 117 Å². The fourth-order valence-electron chi connectivity index (χ4n) is 16.1. The lowest BCUT2D eigenvalue weighted by Crippen LogP contribution is -2.63. The number of nitrogens with zero attached hydrogens (tertiary/aromatic N) is 8. The summed E-state index contributed by atoms with van der Waals surface area (Å²) < 4.78 is 0. The quantitative estimate of drug-likeness (QED) is 0.0153. The van der Waals surface area contributed by atoms with Gasteiger partial charge in [0.25, 0.3) is 5.91 Å². The Morgan fingerprint density at radius 1 is 0.548 bits per heavy atom. The van der Waals surface area contributed by atoms with Crippen LogP contribution in [-0.4, -0.2) is 287 Å². The molecular formula is C77H117N23O14S. The molecule has 1 aromatic heterocycles. The number of aliphatic hydroxyl groups is 2. The Bertz CT molecular complexity index is 3870. The molecule has 6 aliphatic rings. The molecule has 3 unspecified atom stereocenters. The molecule has 0 bridgehead atoms. The van der Waals surface area contributed by atoms with E-state index in [9.17, 15) is 53.7 Å². The second-order valence-electron chi connectivity index (χ2n) is 30.3. The summed E-state index contributed by atoms with van der Waals surface area (Å²) in [5, 5.41) is 60.7. The van der Waals surface area contributed by atoms with Crippen LogP contribution in [0.4, 0.5) is 0 Å². The number of hydrogen-bond acceptors (Lipinski definition) is 21. The number of fused-ring (bicyclic) bond motifs is 2. The predicted octanol–water partition coefficient (Wildman–Crippen LogP) is -4.19. The highest BCUT2D eigenvalue weighted by molar-refractivity contribution is 7.09. The van der Waals surface area contributed by atoms with Crippen molar-refractivity contribution < 1.29 is 68.1 Å². The maximum absolute atomic E-state index is 15.5. The van der Waals surface area contributed by atoms with Gasteiger partial charge in [-0.25, -0.2) is 4.79 Å². The lowest BCUT2D eigenvalue weighted by molar-refractivity contribution is -0.153. The van der Waals surface area contributed by atoms with Crippen LogP contribution < -0.4 is 82.3 Å². The zero-order chi connectivity index (χ0) is 82.5. The second kappa shape index (κ2) is 44.7. The Labute approximate surface area is 673 Å². The molecule has 0 radical (unpaired) electrons. The van der Waals surface area contributed by atoms with Crippen LogP contribution in [0.5, 0.6) is 0 Å². The van der Waals surface area contributed by atoms with Crippen molar-refractivity contribution in [2.45, 2.75) is 195 Å². The molecule has 115 heavy (non-hydrogen) atoms. The number of aliphatic hydroxyl groups excluding tert-OH is 2. The predicted molar refractivity (Wildman–Crippen MR) is 430 cm³/mol. The van der Waals surface area contributed by atoms with Gasteiger partial charge in [-0.2, -0.15) is 0 Å². The van der Waals surface area contributed by atoms with E-state index < -0.39 is 145 Å². The van der Waals surface area contributed by atoms with Crippen LogP contribution in [0.1, 0.15) is 135 Å². The number of benzene rings is 2. The molecule has 12 atom stereocenters. The smallest absolute Gasteiger partial charge is 0.326 e. The van der Waals surface area contributed by atoms with Gasteiger partial charge in [0.15, 0.2) is 17.9 Å². The Kier molecular flexibility index (Phi) is 34.5. The average Bonchev–Trinajstić information content (AvgIpc) is 1.71. The number of rotatable bonds is 34. The first kappa shape index (κ1) is 88.8. The van der Waals surface area contributed by atoms with E-state index in [2.05, 4.69) is 67.7 Å². The number of nitrogens with one attached hydrogen (secondary N) is 9. The SMILES string of the molecule is NC(N)=NCCC[C@H](NC(=O)[C@@H]1CC2CCCCC2N1C(=O)[C@H]1Cc2ccccc2CN1C(=O)[C@H](CO)NC(=O)[C@H](Cc1cccs1)NC(=O)CNC(=O)[C@@H]1CC(O)CN1C(=O)[C@@H]1CCCN1C(=O)[C@H](CCCN=C(N)N)NC(=O)[C@@H](CCCN=C(N)N)NC(=O)c1ccc(CN2CCCNCCNCCCNCC2)cc1)C(=O)O. The number of β-amino-alcohol motifs (C(OH)–C–C–N with tert-alkyl or cyclic N) is 1. The van der Waals surface area contributed by atoms with Gasteiger partial charge in [-0.3, -0.25) is 67.8 Å². The van der Waals surface area contributed by atoms with Crippen molar-refractivity contribution in [3.8, 4) is 0 Å². The molecule has 38 heteroatoms. The molecule has 1 saturated carbocycles. The number of carbonyl (C=O) groups is 11. The zero-order valence-electron chi connectivity index (χ0n) is 65.3. The summed E-state index contributed by atoms with van der Waals surface area (Å²) in [6.45, 7) is 5.93. The fraction of sp³-hybridized carbons (Fsp3) is 0.610. The van der Waals surface area contributed by atoms with Gasteiger partial charge in [0.2, 0.25) is 53.2 Å². The first-order valence-electron chi connectivity index (χ1n) is 40.1. The highest BCUT2D eigenvalue weighted by Crippen LogP contribution is 2.42. The minimum atomic E-state index is -1.69. The lowest BCUT2D eigenvalue weighted by atomic mass is 9.84. The molecule has 0 spiro atoms. The van der Waals surface area contributed by atoms with Crippen molar-refractivity contribution in [2.75, 3.05) is 98.2 Å². The van der Waals surface area contributed by atoms with Crippen molar-refractivity contribution in [2.24, 2.45) is 55.3 Å². The maximum atomic E-state index is 15.5. The molecule has 10 amide bonds. The molecule has 6 heterocycles. The van der Waals surface area contributed by atoms with Crippen molar-refractivity contribution in [3.05, 3.63) is 93.2 Å². The van der Waals surface area contributed by atoms with E-state index in [1.165, 1.54) is 26.0 Å². The van der Waals surface area contributed by atoms with Crippen LogP contribution in [0.3, 0.4) is 0 Å². The molecule has 1 aliphatic carbocycles. The molecule has 9 rings (SSSR count). The third-order valence-electron chi connectivity index (χ3n) is 21.9. The Hall–Kier alpha value is -10.1. The molecule has 4 saturated heterocycles. The summed E-state index contributed by atoms with van der Waals surface area (Å²) in [7, 11) is 0. The average molecular weight is 1620 g/mol. The summed E-state index contributed by atoms with van der Waals surface area (Å²) in [4.78, 5) is 179. The van der Waals surface area contributed by atoms with Gasteiger partial charge in [0, 0.05) is 108 Å². The van der Waals surface area contributed by atoms with Crippen LogP contribution in [0, 0.1) is 5.92 Å². The fourth-order valence-corrected chi connectivity index (χ4v) is 16.8. The topological polar surface area (TPSA) is 566 Å². The summed E-state index contributed by atoms with van der Waals surface area (Å²) >= 11 is 1.27. The largest absolute Gasteiger partial charge is 0.480 e. The molecule has 2 aromatic carbocycles. The van der Waals surface area contributed by atoms with E-state index in [-0.39, 0.29) is 139 Å². The number of amides is 10. The van der Waals surface area contributed by atoms with Gasteiger partial charge in [-0.15, -0.1) is 11.3 Å². The van der Waals surface area contributed by atoms with Crippen LogP contribution in [0.2, 0.25) is 0 Å². The standard InChI is InChI=1S/C77H117N23O14S/c78-75(79)87-28-5-16-54(92-65(104)48-23-21-47(22-24-48)43-96-34-11-27-85-32-31-84-25-10-26-86-33-36-96)66(105)93-55(17-6-29-88-76(80)81)70(109)97-35-8-20-60(97)72(111)99-45-52(102)40-61(99)68(107)90-42-64(103)91-57(41-53-15-9-37-115-53)67(106)95-58(46-101)71(110)98-44-51-14-2-1-12-49(51)38-63(98)73(112)100-59-19-4-3-13-50(59)39-62(100)69(108)94-56(74(113)114)18-7-30-89-77(82)83/h1-2,9,12,14-15,21-24,37,50,52,54-63,84-86,101-102H,3-8,10-11,13,16-20,25-36,38-46H2,(H,90,107)(H,91,103)(H,92,104)(H,93,105)(H,94,108)(H,95,106)(H,113,114)(H4,78,79,87)(H4,80,81,88)(H4,82,83,89)/t50?,52?,54-,55+,56+,57+,58+,59?,60+,61+,62+,63-/m1/s1. The van der Waals surface area contributed by atoms with E-state index in [4.69, 9.17) is 34.4 Å². The summed E-state index contributed by atoms with van der Waals surface area (Å²) in [6.07, 6.45) is 4.69. The number of likely N-dealkylation sites (tertiary alicyclic amines) is 3. The van der Waals surface area contributed by atoms with Crippen molar-refractivity contribution >= 4 is 94.3 Å². The molecule has 24 N–H and O–H groups in total. The van der Waals surface area contributed by atoms with Crippen LogP contribution in [-0.2, 0) is 73.9 Å². The Morgan fingerprint density at radius 2 is 1.17 bits per heavy atom. The number of aliphatic imine (C=N–C) groups is 3. The minimum Gasteiger partial charge on any atom is -0.480 e. The second-order valence-corrected chi connectivity index (χ2v) is 31.3. The maximum Gasteiger partial charge on any atom is 0.326 e. The normalized spacial score (nSPS) is 22.0. The van der Waals surface area contributed by atoms with E-state index in [1.807, 2.05) is 18.2 Å². The van der Waals surface area contributed by atoms with Crippen LogP contribution in [0.25, 0.3) is 0 Å². The number of guanidine groups is 3.